The maximum atomic E-state index is 12.5. The van der Waals surface area contributed by atoms with Gasteiger partial charge in [-0.05, 0) is 12.0 Å². The molecule has 0 aliphatic rings. The molecule has 3 rings (SSSR count). The van der Waals surface area contributed by atoms with E-state index < -0.39 is 0 Å². The van der Waals surface area contributed by atoms with E-state index in [4.69, 9.17) is 0 Å². The van der Waals surface area contributed by atoms with Crippen LogP contribution >= 0.6 is 23.1 Å². The number of nitrogens with one attached hydrogen (secondary N) is 2. The van der Waals surface area contributed by atoms with Gasteiger partial charge in [-0.15, -0.1) is 11.3 Å². The number of aromatic amines is 1. The first-order chi connectivity index (χ1) is 11.7. The second-order valence-electron chi connectivity index (χ2n) is 5.21. The zero-order chi connectivity index (χ0) is 16.9. The normalized spacial score (nSPS) is 10.9. The number of rotatable bonds is 6. The lowest BCUT2D eigenvalue weighted by Crippen LogP contribution is -2.25. The number of nitrogens with zero attached hydrogens (tertiary/aromatic N) is 1. The molecule has 7 heteroatoms. The van der Waals surface area contributed by atoms with Crippen molar-refractivity contribution in [1.82, 2.24) is 15.3 Å². The monoisotopic (exact) mass is 359 g/mol. The van der Waals surface area contributed by atoms with Crippen molar-refractivity contribution in [2.45, 2.75) is 18.5 Å². The summed E-state index contributed by atoms with van der Waals surface area (Å²) in [5.74, 6) is 0.187. The minimum absolute atomic E-state index is 0.0549. The Balaban J connectivity index is 1.85. The van der Waals surface area contributed by atoms with Crippen LogP contribution in [0, 0.1) is 0 Å². The highest BCUT2D eigenvalue weighted by Crippen LogP contribution is 2.31. The van der Waals surface area contributed by atoms with Gasteiger partial charge in [-0.1, -0.05) is 49.0 Å². The number of amides is 1. The van der Waals surface area contributed by atoms with Gasteiger partial charge in [0.1, 0.15) is 4.83 Å². The fraction of sp³-hybridized carbons (Fsp3) is 0.235. The minimum atomic E-state index is -0.170. The Bertz CT molecular complexity index is 903. The Labute approximate surface area is 147 Å². The van der Waals surface area contributed by atoms with Gasteiger partial charge in [0.05, 0.1) is 11.1 Å². The van der Waals surface area contributed by atoms with Crippen molar-refractivity contribution < 1.29 is 4.79 Å². The van der Waals surface area contributed by atoms with E-state index in [1.54, 1.807) is 0 Å². The molecule has 2 aromatic heterocycles. The van der Waals surface area contributed by atoms with Gasteiger partial charge in [-0.3, -0.25) is 9.59 Å². The summed E-state index contributed by atoms with van der Waals surface area (Å²) in [6.07, 6.45) is 0.898. The highest BCUT2D eigenvalue weighted by molar-refractivity contribution is 7.99. The second kappa shape index (κ2) is 7.63. The Morgan fingerprint density at radius 3 is 2.88 bits per heavy atom. The first-order valence-corrected chi connectivity index (χ1v) is 9.52. The van der Waals surface area contributed by atoms with Crippen LogP contribution < -0.4 is 10.9 Å². The van der Waals surface area contributed by atoms with Crippen molar-refractivity contribution >= 4 is 39.2 Å². The molecule has 2 N–H and O–H groups in total. The molecule has 124 valence electrons. The average molecular weight is 359 g/mol. The van der Waals surface area contributed by atoms with Crippen LogP contribution in [-0.4, -0.2) is 28.2 Å². The number of benzene rings is 1. The molecule has 0 saturated heterocycles. The summed E-state index contributed by atoms with van der Waals surface area (Å²) in [6.45, 7) is 2.66. The minimum Gasteiger partial charge on any atom is -0.355 e. The third-order valence-electron chi connectivity index (χ3n) is 3.42. The van der Waals surface area contributed by atoms with Crippen LogP contribution in [0.2, 0.25) is 0 Å². The predicted octanol–water partition coefficient (Wildman–Crippen LogP) is 3.27. The van der Waals surface area contributed by atoms with Crippen LogP contribution in [0.3, 0.4) is 0 Å². The topological polar surface area (TPSA) is 74.8 Å². The maximum Gasteiger partial charge on any atom is 0.260 e. The summed E-state index contributed by atoms with van der Waals surface area (Å²) in [6, 6.07) is 9.78. The number of thioether (sulfide) groups is 1. The molecule has 0 aliphatic heterocycles. The van der Waals surface area contributed by atoms with Gasteiger partial charge in [0, 0.05) is 17.5 Å². The van der Waals surface area contributed by atoms with Crippen LogP contribution in [0.15, 0.2) is 45.7 Å². The van der Waals surface area contributed by atoms with Crippen LogP contribution in [-0.2, 0) is 4.79 Å². The number of aromatic nitrogens is 2. The molecule has 1 aromatic carbocycles. The number of H-pyrrole nitrogens is 1. The van der Waals surface area contributed by atoms with Crippen molar-refractivity contribution in [3.8, 4) is 11.1 Å². The van der Waals surface area contributed by atoms with Crippen LogP contribution in [0.1, 0.15) is 13.3 Å². The molecule has 0 unspecified atom stereocenters. The number of hydrogen-bond acceptors (Lipinski definition) is 5. The van der Waals surface area contributed by atoms with E-state index in [0.29, 0.717) is 21.9 Å². The van der Waals surface area contributed by atoms with Crippen molar-refractivity contribution in [2.75, 3.05) is 12.3 Å². The third kappa shape index (κ3) is 3.68. The highest BCUT2D eigenvalue weighted by Gasteiger charge is 2.13. The predicted molar refractivity (Wildman–Crippen MR) is 99.7 cm³/mol. The Kier molecular flexibility index (Phi) is 5.32. The summed E-state index contributed by atoms with van der Waals surface area (Å²) < 4.78 is 0. The molecule has 24 heavy (non-hydrogen) atoms. The van der Waals surface area contributed by atoms with Gasteiger partial charge in [-0.2, -0.15) is 0 Å². The van der Waals surface area contributed by atoms with E-state index in [-0.39, 0.29) is 17.2 Å². The van der Waals surface area contributed by atoms with E-state index in [1.165, 1.54) is 23.1 Å². The zero-order valence-electron chi connectivity index (χ0n) is 13.2. The third-order valence-corrected chi connectivity index (χ3v) is 5.16. The second-order valence-corrected chi connectivity index (χ2v) is 7.03. The van der Waals surface area contributed by atoms with Crippen LogP contribution in [0.4, 0.5) is 0 Å². The number of carbonyl (C=O) groups is 1. The molecule has 0 fully saturated rings. The van der Waals surface area contributed by atoms with Gasteiger partial charge in [0.2, 0.25) is 5.91 Å². The zero-order valence-corrected chi connectivity index (χ0v) is 14.8. The number of fused-ring (bicyclic) bond motifs is 1. The lowest BCUT2D eigenvalue weighted by Gasteiger charge is -2.03. The lowest BCUT2D eigenvalue weighted by atomic mass is 10.1. The van der Waals surface area contributed by atoms with E-state index in [0.717, 1.165) is 17.5 Å². The molecule has 0 saturated carbocycles. The van der Waals surface area contributed by atoms with Crippen molar-refractivity contribution in [3.05, 3.63) is 46.1 Å². The van der Waals surface area contributed by atoms with Gasteiger partial charge >= 0.3 is 0 Å². The fourth-order valence-electron chi connectivity index (χ4n) is 2.28. The van der Waals surface area contributed by atoms with E-state index >= 15 is 0 Å². The Morgan fingerprint density at radius 1 is 1.33 bits per heavy atom. The number of thiophene rings is 1. The van der Waals surface area contributed by atoms with Crippen molar-refractivity contribution in [3.63, 3.8) is 0 Å². The quantitative estimate of drug-likeness (QED) is 0.523. The molecular formula is C17H17N3O2S2. The van der Waals surface area contributed by atoms with Gasteiger partial charge in [-0.25, -0.2) is 4.98 Å². The smallest absolute Gasteiger partial charge is 0.260 e. The molecule has 0 aliphatic carbocycles. The lowest BCUT2D eigenvalue weighted by molar-refractivity contribution is -0.118. The van der Waals surface area contributed by atoms with E-state index in [9.17, 15) is 9.59 Å². The fourth-order valence-corrected chi connectivity index (χ4v) is 3.97. The summed E-state index contributed by atoms with van der Waals surface area (Å²) in [4.78, 5) is 32.1. The summed E-state index contributed by atoms with van der Waals surface area (Å²) >= 11 is 2.68. The molecule has 0 bridgehead atoms. The number of hydrogen-bond donors (Lipinski definition) is 2. The van der Waals surface area contributed by atoms with E-state index in [1.807, 2.05) is 42.6 Å². The first kappa shape index (κ1) is 16.7. The Hall–Kier alpha value is -2.12. The Morgan fingerprint density at radius 2 is 2.12 bits per heavy atom. The molecule has 2 heterocycles. The highest BCUT2D eigenvalue weighted by atomic mass is 32.2. The number of carbonyl (C=O) groups excluding carboxylic acids is 1. The molecule has 1 amide bonds. The standard InChI is InChI=1S/C17H17N3O2S2/c1-2-8-18-13(21)10-24-17-19-15(22)14-12(9-23-16(14)20-17)11-6-4-3-5-7-11/h3-7,9H,2,8,10H2,1H3,(H,18,21)(H,19,20,22). The molecular weight excluding hydrogens is 342 g/mol. The molecule has 0 spiro atoms. The van der Waals surface area contributed by atoms with Crippen molar-refractivity contribution in [2.24, 2.45) is 0 Å². The van der Waals surface area contributed by atoms with Gasteiger partial charge in [0.15, 0.2) is 5.16 Å². The van der Waals surface area contributed by atoms with Gasteiger partial charge < -0.3 is 10.3 Å². The SMILES string of the molecule is CCCNC(=O)CSc1nc2scc(-c3ccccc3)c2c(=O)[nH]1. The summed E-state index contributed by atoms with van der Waals surface area (Å²) in [7, 11) is 0. The molecule has 0 radical (unpaired) electrons. The average Bonchev–Trinajstić information content (AvgIpc) is 3.03. The molecule has 3 aromatic rings. The van der Waals surface area contributed by atoms with Crippen molar-refractivity contribution in [1.29, 1.82) is 0 Å². The summed E-state index contributed by atoms with van der Waals surface area (Å²) in [5.41, 5.74) is 1.72. The van der Waals surface area contributed by atoms with Crippen LogP contribution in [0.25, 0.3) is 21.3 Å². The molecule has 0 atom stereocenters. The van der Waals surface area contributed by atoms with E-state index in [2.05, 4.69) is 15.3 Å². The largest absolute Gasteiger partial charge is 0.355 e. The first-order valence-electron chi connectivity index (χ1n) is 7.65. The summed E-state index contributed by atoms with van der Waals surface area (Å²) in [5, 5.41) is 5.83. The molecule has 5 nitrogen and oxygen atoms in total. The maximum absolute atomic E-state index is 12.5. The van der Waals surface area contributed by atoms with Gasteiger partial charge in [0.25, 0.3) is 5.56 Å². The van der Waals surface area contributed by atoms with Crippen LogP contribution in [0.5, 0.6) is 0 Å².